The number of hydrogen-bond acceptors (Lipinski definition) is 2. The van der Waals surface area contributed by atoms with Crippen molar-refractivity contribution in [2.75, 3.05) is 11.9 Å². The van der Waals surface area contributed by atoms with Crippen LogP contribution in [0.25, 0.3) is 0 Å². The number of fused-ring (bicyclic) bond motifs is 1. The molecule has 0 amide bonds. The van der Waals surface area contributed by atoms with E-state index in [1.165, 1.54) is 18.7 Å². The summed E-state index contributed by atoms with van der Waals surface area (Å²) in [4.78, 5) is 0. The first-order chi connectivity index (χ1) is 6.33. The topological polar surface area (TPSA) is 29.9 Å². The quantitative estimate of drug-likeness (QED) is 0.706. The van der Waals surface area contributed by atoms with Crippen LogP contribution in [0, 0.1) is 18.8 Å². The molecule has 1 atom stereocenters. The summed E-state index contributed by atoms with van der Waals surface area (Å²) in [6.07, 6.45) is 2.86. The van der Waals surface area contributed by atoms with Gasteiger partial charge in [-0.2, -0.15) is 5.10 Å². The predicted molar refractivity (Wildman–Crippen MR) is 51.7 cm³/mol. The molecule has 3 heteroatoms. The first-order valence-corrected chi connectivity index (χ1v) is 5.11. The molecule has 1 N–H and O–H groups in total. The zero-order chi connectivity index (χ0) is 8.84. The number of hydrogen-bond donors (Lipinski definition) is 1. The molecule has 1 saturated carbocycles. The van der Waals surface area contributed by atoms with Crippen LogP contribution >= 0.6 is 0 Å². The Labute approximate surface area is 78.1 Å². The SMILES string of the molecule is Cc1cc2n(n1)CC(C1CC1)CN2. The Kier molecular flexibility index (Phi) is 1.43. The van der Waals surface area contributed by atoms with Crippen molar-refractivity contribution in [3.8, 4) is 0 Å². The van der Waals surface area contributed by atoms with Crippen LogP contribution in [0.15, 0.2) is 6.07 Å². The second kappa shape index (κ2) is 2.50. The summed E-state index contributed by atoms with van der Waals surface area (Å²) in [6, 6.07) is 2.13. The average molecular weight is 177 g/mol. The lowest BCUT2D eigenvalue weighted by Crippen LogP contribution is -2.29. The van der Waals surface area contributed by atoms with Crippen LogP contribution in [-0.4, -0.2) is 16.3 Å². The molecule has 2 heterocycles. The van der Waals surface area contributed by atoms with Crippen molar-refractivity contribution in [3.63, 3.8) is 0 Å². The number of aromatic nitrogens is 2. The van der Waals surface area contributed by atoms with Crippen LogP contribution < -0.4 is 5.32 Å². The van der Waals surface area contributed by atoms with E-state index in [0.29, 0.717) is 0 Å². The fourth-order valence-corrected chi connectivity index (χ4v) is 2.23. The van der Waals surface area contributed by atoms with Crippen LogP contribution in [0.3, 0.4) is 0 Å². The number of anilines is 1. The van der Waals surface area contributed by atoms with Gasteiger partial charge >= 0.3 is 0 Å². The smallest absolute Gasteiger partial charge is 0.124 e. The Morgan fingerprint density at radius 3 is 3.08 bits per heavy atom. The van der Waals surface area contributed by atoms with Gasteiger partial charge in [-0.05, 0) is 31.6 Å². The lowest BCUT2D eigenvalue weighted by Gasteiger charge is -2.24. The van der Waals surface area contributed by atoms with E-state index in [9.17, 15) is 0 Å². The summed E-state index contributed by atoms with van der Waals surface area (Å²) < 4.78 is 2.13. The van der Waals surface area contributed by atoms with Crippen LogP contribution in [0.4, 0.5) is 5.82 Å². The Bertz CT molecular complexity index is 325. The maximum atomic E-state index is 4.47. The molecule has 1 aromatic rings. The molecule has 0 aromatic carbocycles. The maximum Gasteiger partial charge on any atom is 0.124 e. The Morgan fingerprint density at radius 1 is 1.46 bits per heavy atom. The largest absolute Gasteiger partial charge is 0.370 e. The minimum atomic E-state index is 0.826. The molecule has 13 heavy (non-hydrogen) atoms. The number of nitrogens with one attached hydrogen (secondary N) is 1. The molecular formula is C10H15N3. The third-order valence-electron chi connectivity index (χ3n) is 3.14. The highest BCUT2D eigenvalue weighted by molar-refractivity contribution is 5.38. The van der Waals surface area contributed by atoms with E-state index in [2.05, 4.69) is 28.1 Å². The summed E-state index contributed by atoms with van der Waals surface area (Å²) >= 11 is 0. The molecule has 1 unspecified atom stereocenters. The van der Waals surface area contributed by atoms with Crippen molar-refractivity contribution in [1.82, 2.24) is 9.78 Å². The highest BCUT2D eigenvalue weighted by Gasteiger charge is 2.33. The van der Waals surface area contributed by atoms with E-state index in [1.54, 1.807) is 0 Å². The lowest BCUT2D eigenvalue weighted by atomic mass is 10.0. The minimum Gasteiger partial charge on any atom is -0.370 e. The molecule has 3 rings (SSSR count). The van der Waals surface area contributed by atoms with Crippen molar-refractivity contribution in [3.05, 3.63) is 11.8 Å². The Morgan fingerprint density at radius 2 is 2.31 bits per heavy atom. The van der Waals surface area contributed by atoms with Gasteiger partial charge in [-0.1, -0.05) is 0 Å². The van der Waals surface area contributed by atoms with Gasteiger partial charge in [-0.15, -0.1) is 0 Å². The monoisotopic (exact) mass is 177 g/mol. The van der Waals surface area contributed by atoms with Crippen LogP contribution in [0.2, 0.25) is 0 Å². The van der Waals surface area contributed by atoms with Crippen molar-refractivity contribution in [2.24, 2.45) is 11.8 Å². The van der Waals surface area contributed by atoms with Gasteiger partial charge in [0.1, 0.15) is 5.82 Å². The van der Waals surface area contributed by atoms with Crippen molar-refractivity contribution in [1.29, 1.82) is 0 Å². The summed E-state index contributed by atoms with van der Waals surface area (Å²) in [6.45, 7) is 4.33. The molecule has 1 aliphatic carbocycles. The molecule has 70 valence electrons. The molecule has 0 spiro atoms. The maximum absolute atomic E-state index is 4.47. The van der Waals surface area contributed by atoms with Crippen LogP contribution in [0.1, 0.15) is 18.5 Å². The summed E-state index contributed by atoms with van der Waals surface area (Å²) in [5.41, 5.74) is 1.12. The number of aryl methyl sites for hydroxylation is 1. The van der Waals surface area contributed by atoms with Gasteiger partial charge < -0.3 is 5.32 Å². The third kappa shape index (κ3) is 1.23. The Balaban J connectivity index is 1.85. The highest BCUT2D eigenvalue weighted by atomic mass is 15.3. The normalized spacial score (nSPS) is 26.7. The minimum absolute atomic E-state index is 0.826. The van der Waals surface area contributed by atoms with Crippen molar-refractivity contribution >= 4 is 5.82 Å². The summed E-state index contributed by atoms with van der Waals surface area (Å²) in [5, 5.41) is 7.92. The first-order valence-electron chi connectivity index (χ1n) is 5.11. The second-order valence-corrected chi connectivity index (χ2v) is 4.33. The van der Waals surface area contributed by atoms with Gasteiger partial charge in [-0.25, -0.2) is 4.68 Å². The van der Waals surface area contributed by atoms with Crippen LogP contribution in [-0.2, 0) is 6.54 Å². The van der Waals surface area contributed by atoms with Gasteiger partial charge in [0.05, 0.1) is 5.69 Å². The lowest BCUT2D eigenvalue weighted by molar-refractivity contribution is 0.373. The summed E-state index contributed by atoms with van der Waals surface area (Å²) in [5.74, 6) is 3.01. The standard InChI is InChI=1S/C10H15N3/c1-7-4-10-11-5-9(8-2-3-8)6-13(10)12-7/h4,8-9,11H,2-3,5-6H2,1H3. The van der Waals surface area contributed by atoms with E-state index >= 15 is 0 Å². The van der Waals surface area contributed by atoms with E-state index in [4.69, 9.17) is 0 Å². The van der Waals surface area contributed by atoms with Crippen LogP contribution in [0.5, 0.6) is 0 Å². The number of nitrogens with zero attached hydrogens (tertiary/aromatic N) is 2. The van der Waals surface area contributed by atoms with Gasteiger partial charge in [0.15, 0.2) is 0 Å². The zero-order valence-electron chi connectivity index (χ0n) is 7.95. The molecular weight excluding hydrogens is 162 g/mol. The molecule has 1 aromatic heterocycles. The van der Waals surface area contributed by atoms with E-state index in [0.717, 1.165) is 30.6 Å². The van der Waals surface area contributed by atoms with Gasteiger partial charge in [-0.3, -0.25) is 0 Å². The number of rotatable bonds is 1. The predicted octanol–water partition coefficient (Wildman–Crippen LogP) is 1.64. The van der Waals surface area contributed by atoms with Gasteiger partial charge in [0, 0.05) is 19.2 Å². The Hall–Kier alpha value is -0.990. The van der Waals surface area contributed by atoms with E-state index < -0.39 is 0 Å². The molecule has 0 bridgehead atoms. The molecule has 0 radical (unpaired) electrons. The highest BCUT2D eigenvalue weighted by Crippen LogP contribution is 2.39. The molecule has 1 fully saturated rings. The van der Waals surface area contributed by atoms with Crippen molar-refractivity contribution in [2.45, 2.75) is 26.3 Å². The van der Waals surface area contributed by atoms with Gasteiger partial charge in [0.2, 0.25) is 0 Å². The van der Waals surface area contributed by atoms with E-state index in [-0.39, 0.29) is 0 Å². The first kappa shape index (κ1) is 7.42. The fraction of sp³-hybridized carbons (Fsp3) is 0.700. The van der Waals surface area contributed by atoms with Gasteiger partial charge in [0.25, 0.3) is 0 Å². The van der Waals surface area contributed by atoms with E-state index in [1.807, 2.05) is 0 Å². The van der Waals surface area contributed by atoms with Crippen molar-refractivity contribution < 1.29 is 0 Å². The third-order valence-corrected chi connectivity index (χ3v) is 3.14. The molecule has 2 aliphatic rings. The fourth-order valence-electron chi connectivity index (χ4n) is 2.23. The average Bonchev–Trinajstić information content (AvgIpc) is 2.87. The zero-order valence-corrected chi connectivity index (χ0v) is 7.95. The second-order valence-electron chi connectivity index (χ2n) is 4.33. The molecule has 1 aliphatic heterocycles. The molecule has 0 saturated heterocycles. The molecule has 3 nitrogen and oxygen atoms in total. The summed E-state index contributed by atoms with van der Waals surface area (Å²) in [7, 11) is 0.